The lowest BCUT2D eigenvalue weighted by Crippen LogP contribution is -2.47. The van der Waals surface area contributed by atoms with E-state index in [0.717, 1.165) is 5.56 Å². The Kier molecular flexibility index (Phi) is 3.04. The Hall–Kier alpha value is -1.59. The van der Waals surface area contributed by atoms with Crippen molar-refractivity contribution < 1.29 is 14.7 Å². The minimum absolute atomic E-state index is 0.0433. The van der Waals surface area contributed by atoms with Gasteiger partial charge in [-0.2, -0.15) is 5.06 Å². The molecule has 1 amide bonds. The second-order valence-electron chi connectivity index (χ2n) is 4.42. The number of amides is 1. The molecule has 2 rings (SSSR count). The standard InChI is InChI=1S/C12H16N2O3/c1-7(2)17-9-4-3-8-5-10(13)12(15)14(16)11(8)6-9/h3-4,6-7,10,16H,5,13H2,1-2H3/t10-/m0/s1. The van der Waals surface area contributed by atoms with Gasteiger partial charge in [0.15, 0.2) is 0 Å². The molecule has 1 aliphatic rings. The second-order valence-corrected chi connectivity index (χ2v) is 4.42. The zero-order chi connectivity index (χ0) is 12.6. The number of carbonyl (C=O) groups is 1. The van der Waals surface area contributed by atoms with E-state index in [-0.39, 0.29) is 6.10 Å². The molecular formula is C12H16N2O3. The predicted octanol–water partition coefficient (Wildman–Crippen LogP) is 1.08. The summed E-state index contributed by atoms with van der Waals surface area (Å²) >= 11 is 0. The van der Waals surface area contributed by atoms with Crippen molar-refractivity contribution in [2.75, 3.05) is 5.06 Å². The van der Waals surface area contributed by atoms with Crippen LogP contribution >= 0.6 is 0 Å². The quantitative estimate of drug-likeness (QED) is 0.753. The molecule has 0 unspecified atom stereocenters. The first kappa shape index (κ1) is 11.9. The Balaban J connectivity index is 2.35. The number of carbonyl (C=O) groups excluding carboxylic acids is 1. The van der Waals surface area contributed by atoms with Gasteiger partial charge < -0.3 is 10.5 Å². The smallest absolute Gasteiger partial charge is 0.267 e. The molecule has 1 aliphatic heterocycles. The van der Waals surface area contributed by atoms with Crippen LogP contribution in [-0.2, 0) is 11.2 Å². The number of hydrogen-bond acceptors (Lipinski definition) is 4. The molecule has 1 heterocycles. The van der Waals surface area contributed by atoms with Crippen LogP contribution < -0.4 is 15.5 Å². The number of benzene rings is 1. The van der Waals surface area contributed by atoms with Gasteiger partial charge in [0.25, 0.3) is 5.91 Å². The monoisotopic (exact) mass is 236 g/mol. The first-order chi connectivity index (χ1) is 7.99. The number of fused-ring (bicyclic) bond motifs is 1. The molecule has 5 nitrogen and oxygen atoms in total. The summed E-state index contributed by atoms with van der Waals surface area (Å²) in [4.78, 5) is 11.5. The van der Waals surface area contributed by atoms with Crippen LogP contribution in [0.5, 0.6) is 5.75 Å². The van der Waals surface area contributed by atoms with Gasteiger partial charge in [-0.05, 0) is 31.9 Å². The van der Waals surface area contributed by atoms with Gasteiger partial charge in [0.05, 0.1) is 17.8 Å². The van der Waals surface area contributed by atoms with Crippen LogP contribution in [0.1, 0.15) is 19.4 Å². The highest BCUT2D eigenvalue weighted by atomic mass is 16.5. The van der Waals surface area contributed by atoms with Crippen molar-refractivity contribution in [3.63, 3.8) is 0 Å². The van der Waals surface area contributed by atoms with Crippen molar-refractivity contribution in [1.29, 1.82) is 0 Å². The summed E-state index contributed by atoms with van der Waals surface area (Å²) in [6.07, 6.45) is 0.481. The van der Waals surface area contributed by atoms with Crippen molar-refractivity contribution in [2.24, 2.45) is 5.73 Å². The van der Waals surface area contributed by atoms with Crippen LogP contribution in [0.15, 0.2) is 18.2 Å². The lowest BCUT2D eigenvalue weighted by Gasteiger charge is -2.28. The van der Waals surface area contributed by atoms with E-state index >= 15 is 0 Å². The molecule has 1 atom stereocenters. The lowest BCUT2D eigenvalue weighted by molar-refractivity contribution is -0.125. The molecule has 17 heavy (non-hydrogen) atoms. The van der Waals surface area contributed by atoms with Crippen LogP contribution in [0.2, 0.25) is 0 Å². The number of ether oxygens (including phenoxy) is 1. The maximum absolute atomic E-state index is 11.5. The minimum Gasteiger partial charge on any atom is -0.491 e. The molecule has 0 aromatic heterocycles. The Morgan fingerprint density at radius 2 is 2.24 bits per heavy atom. The summed E-state index contributed by atoms with van der Waals surface area (Å²) in [7, 11) is 0. The van der Waals surface area contributed by atoms with Crippen LogP contribution in [0.3, 0.4) is 0 Å². The summed E-state index contributed by atoms with van der Waals surface area (Å²) < 4.78 is 5.51. The van der Waals surface area contributed by atoms with Gasteiger partial charge in [-0.1, -0.05) is 6.07 Å². The molecule has 0 radical (unpaired) electrons. The summed E-state index contributed by atoms with van der Waals surface area (Å²) in [6.45, 7) is 3.83. The number of nitrogens with two attached hydrogens (primary N) is 1. The van der Waals surface area contributed by atoms with Crippen molar-refractivity contribution >= 4 is 11.6 Å². The van der Waals surface area contributed by atoms with Gasteiger partial charge in [0.1, 0.15) is 5.75 Å². The van der Waals surface area contributed by atoms with E-state index in [1.807, 2.05) is 26.0 Å². The van der Waals surface area contributed by atoms with Crippen LogP contribution in [-0.4, -0.2) is 23.3 Å². The van der Waals surface area contributed by atoms with Gasteiger partial charge in [-0.3, -0.25) is 10.0 Å². The van der Waals surface area contributed by atoms with E-state index in [0.29, 0.717) is 22.9 Å². The van der Waals surface area contributed by atoms with Gasteiger partial charge in [0, 0.05) is 6.07 Å². The number of nitrogens with zero attached hydrogens (tertiary/aromatic N) is 1. The second kappa shape index (κ2) is 4.35. The molecule has 5 heteroatoms. The molecule has 0 saturated carbocycles. The van der Waals surface area contributed by atoms with Gasteiger partial charge in [-0.15, -0.1) is 0 Å². The minimum atomic E-state index is -0.677. The normalized spacial score (nSPS) is 19.5. The fraction of sp³-hybridized carbons (Fsp3) is 0.417. The Morgan fingerprint density at radius 1 is 1.53 bits per heavy atom. The molecule has 1 aromatic rings. The topological polar surface area (TPSA) is 75.8 Å². The largest absolute Gasteiger partial charge is 0.491 e. The fourth-order valence-corrected chi connectivity index (χ4v) is 1.86. The third kappa shape index (κ3) is 2.25. The van der Waals surface area contributed by atoms with E-state index < -0.39 is 11.9 Å². The molecule has 0 aliphatic carbocycles. The van der Waals surface area contributed by atoms with Crippen molar-refractivity contribution in [3.8, 4) is 5.75 Å². The SMILES string of the molecule is CC(C)Oc1ccc2c(c1)N(O)C(=O)[C@@H](N)C2. The van der Waals surface area contributed by atoms with Gasteiger partial charge >= 0.3 is 0 Å². The molecule has 1 aromatic carbocycles. The maximum atomic E-state index is 11.5. The zero-order valence-corrected chi connectivity index (χ0v) is 9.88. The van der Waals surface area contributed by atoms with Crippen molar-refractivity contribution in [2.45, 2.75) is 32.4 Å². The molecular weight excluding hydrogens is 220 g/mol. The van der Waals surface area contributed by atoms with Crippen LogP contribution in [0, 0.1) is 0 Å². The van der Waals surface area contributed by atoms with Crippen molar-refractivity contribution in [3.05, 3.63) is 23.8 Å². The highest BCUT2D eigenvalue weighted by molar-refractivity contribution is 5.98. The molecule has 0 fully saturated rings. The zero-order valence-electron chi connectivity index (χ0n) is 9.88. The summed E-state index contributed by atoms with van der Waals surface area (Å²) in [5, 5.41) is 10.3. The van der Waals surface area contributed by atoms with E-state index in [2.05, 4.69) is 0 Å². The number of anilines is 1. The third-order valence-electron chi connectivity index (χ3n) is 2.62. The summed E-state index contributed by atoms with van der Waals surface area (Å²) in [6, 6.07) is 4.61. The van der Waals surface area contributed by atoms with E-state index in [4.69, 9.17) is 10.5 Å². The highest BCUT2D eigenvalue weighted by Crippen LogP contribution is 2.30. The average Bonchev–Trinajstić information content (AvgIpc) is 2.26. The maximum Gasteiger partial charge on any atom is 0.267 e. The predicted molar refractivity (Wildman–Crippen MR) is 63.2 cm³/mol. The highest BCUT2D eigenvalue weighted by Gasteiger charge is 2.29. The summed E-state index contributed by atoms with van der Waals surface area (Å²) in [5.41, 5.74) is 6.92. The number of rotatable bonds is 2. The Labute approximate surface area is 99.7 Å². The Bertz CT molecular complexity index is 445. The van der Waals surface area contributed by atoms with Crippen LogP contribution in [0.25, 0.3) is 0 Å². The molecule has 92 valence electrons. The van der Waals surface area contributed by atoms with Crippen molar-refractivity contribution in [1.82, 2.24) is 0 Å². The van der Waals surface area contributed by atoms with E-state index in [1.54, 1.807) is 6.07 Å². The van der Waals surface area contributed by atoms with Gasteiger partial charge in [-0.25, -0.2) is 0 Å². The molecule has 3 N–H and O–H groups in total. The average molecular weight is 236 g/mol. The first-order valence-corrected chi connectivity index (χ1v) is 5.57. The lowest BCUT2D eigenvalue weighted by atomic mass is 9.99. The number of hydrogen-bond donors (Lipinski definition) is 2. The van der Waals surface area contributed by atoms with E-state index in [1.165, 1.54) is 0 Å². The molecule has 0 spiro atoms. The number of hydroxylamine groups is 1. The molecule has 0 bridgehead atoms. The fourth-order valence-electron chi connectivity index (χ4n) is 1.86. The van der Waals surface area contributed by atoms with Crippen LogP contribution in [0.4, 0.5) is 5.69 Å². The Morgan fingerprint density at radius 3 is 2.88 bits per heavy atom. The molecule has 0 saturated heterocycles. The van der Waals surface area contributed by atoms with E-state index in [9.17, 15) is 10.0 Å². The van der Waals surface area contributed by atoms with Gasteiger partial charge in [0.2, 0.25) is 0 Å². The summed E-state index contributed by atoms with van der Waals surface area (Å²) in [5.74, 6) is 0.139. The third-order valence-corrected chi connectivity index (χ3v) is 2.62. The first-order valence-electron chi connectivity index (χ1n) is 5.57.